The van der Waals surface area contributed by atoms with E-state index in [4.69, 9.17) is 5.73 Å². The Morgan fingerprint density at radius 1 is 1.19 bits per heavy atom. The van der Waals surface area contributed by atoms with Crippen molar-refractivity contribution in [3.8, 4) is 5.75 Å². The van der Waals surface area contributed by atoms with Gasteiger partial charge in [-0.25, -0.2) is 0 Å². The van der Waals surface area contributed by atoms with Crippen molar-refractivity contribution in [1.29, 1.82) is 0 Å². The van der Waals surface area contributed by atoms with Crippen LogP contribution >= 0.6 is 0 Å². The number of aromatic nitrogens is 2. The molecule has 3 aliphatic carbocycles. The molecule has 0 bridgehead atoms. The number of hydrogen-bond acceptors (Lipinski definition) is 11. The van der Waals surface area contributed by atoms with Gasteiger partial charge in [0.1, 0.15) is 29.4 Å². The highest BCUT2D eigenvalue weighted by Gasteiger charge is 2.68. The number of phenolic OH excluding ortho intramolecular Hbond substituents is 1. The van der Waals surface area contributed by atoms with Crippen LogP contribution < -0.4 is 11.1 Å². The zero-order valence-electron chi connectivity index (χ0n) is 23.9. The Bertz CT molecular complexity index is 1640. The molecule has 43 heavy (non-hydrogen) atoms. The van der Waals surface area contributed by atoms with Crippen LogP contribution in [-0.2, 0) is 32.1 Å². The van der Waals surface area contributed by atoms with Crippen molar-refractivity contribution in [1.82, 2.24) is 14.7 Å². The summed E-state index contributed by atoms with van der Waals surface area (Å²) in [7, 11) is 2.87. The van der Waals surface area contributed by atoms with Crippen LogP contribution in [0.25, 0.3) is 5.76 Å². The molecule has 228 valence electrons. The average molecular weight is 596 g/mol. The van der Waals surface area contributed by atoms with E-state index in [-0.39, 0.29) is 17.8 Å². The van der Waals surface area contributed by atoms with Crippen molar-refractivity contribution in [3.63, 3.8) is 0 Å². The number of aliphatic hydroxyl groups is 4. The summed E-state index contributed by atoms with van der Waals surface area (Å²) >= 11 is 0. The van der Waals surface area contributed by atoms with Gasteiger partial charge in [0, 0.05) is 17.7 Å². The molecule has 1 heterocycles. The third kappa shape index (κ3) is 4.24. The number of carbonyl (C=O) groups is 4. The molecular weight excluding hydrogens is 562 g/mol. The highest BCUT2D eigenvalue weighted by Crippen LogP contribution is 2.56. The number of phenols is 1. The number of aryl methyl sites for hydroxylation is 1. The fraction of sp³-hybridized carbons (Fsp3) is 0.414. The highest BCUT2D eigenvalue weighted by atomic mass is 16.4. The lowest BCUT2D eigenvalue weighted by Gasteiger charge is -2.53. The van der Waals surface area contributed by atoms with Gasteiger partial charge >= 0.3 is 0 Å². The van der Waals surface area contributed by atoms with E-state index in [1.807, 2.05) is 6.92 Å². The van der Waals surface area contributed by atoms with Gasteiger partial charge in [-0.15, -0.1) is 0 Å². The number of fused-ring (bicyclic) bond motifs is 3. The van der Waals surface area contributed by atoms with Crippen LogP contribution in [0.15, 0.2) is 41.4 Å². The number of primary amides is 1. The van der Waals surface area contributed by atoms with Crippen molar-refractivity contribution >= 4 is 34.8 Å². The summed E-state index contributed by atoms with van der Waals surface area (Å²) in [5.74, 6) is -10.4. The van der Waals surface area contributed by atoms with E-state index in [0.29, 0.717) is 5.56 Å². The number of nitrogens with zero attached hydrogens (tertiary/aromatic N) is 3. The fourth-order valence-electron chi connectivity index (χ4n) is 6.73. The number of Topliss-reactive ketones (excluding diaryl/α,β-unsaturated/α-hetero) is 2. The molecule has 1 aromatic carbocycles. The minimum absolute atomic E-state index is 0.0838. The summed E-state index contributed by atoms with van der Waals surface area (Å²) in [6.45, 7) is 3.40. The molecule has 5 rings (SSSR count). The summed E-state index contributed by atoms with van der Waals surface area (Å²) in [6.07, 6.45) is 2.37. The number of nitrogens with two attached hydrogens (primary N) is 1. The minimum Gasteiger partial charge on any atom is -0.508 e. The molecule has 0 radical (unpaired) electrons. The number of carbonyl (C=O) groups excluding carboxylic acids is 4. The number of amides is 2. The van der Waals surface area contributed by atoms with E-state index in [1.54, 1.807) is 19.3 Å². The lowest BCUT2D eigenvalue weighted by Crippen LogP contribution is -2.70. The molecule has 14 heteroatoms. The number of hydrogen-bond donors (Lipinski definition) is 7. The quantitative estimate of drug-likeness (QED) is 0.172. The summed E-state index contributed by atoms with van der Waals surface area (Å²) in [6, 6.07) is 1.49. The molecule has 4 unspecified atom stereocenters. The van der Waals surface area contributed by atoms with Gasteiger partial charge in [0.2, 0.25) is 11.7 Å². The Kier molecular flexibility index (Phi) is 7.19. The molecule has 0 saturated heterocycles. The zero-order chi connectivity index (χ0) is 31.7. The van der Waals surface area contributed by atoms with Crippen LogP contribution in [0.4, 0.5) is 5.69 Å². The Balaban J connectivity index is 1.61. The van der Waals surface area contributed by atoms with E-state index in [0.717, 1.165) is 12.0 Å². The molecule has 2 aromatic rings. The lowest BCUT2D eigenvalue weighted by atomic mass is 9.54. The van der Waals surface area contributed by atoms with E-state index in [1.165, 1.54) is 35.8 Å². The molecule has 1 fully saturated rings. The third-order valence-corrected chi connectivity index (χ3v) is 8.80. The fourth-order valence-corrected chi connectivity index (χ4v) is 6.73. The number of rotatable bonds is 6. The second-order valence-corrected chi connectivity index (χ2v) is 11.4. The number of nitrogens with one attached hydrogen (secondary N) is 1. The molecular formula is C29H33N5O9. The van der Waals surface area contributed by atoms with Crippen LogP contribution in [0.5, 0.6) is 5.75 Å². The molecule has 8 N–H and O–H groups in total. The topological polar surface area (TPSA) is 229 Å². The maximum absolute atomic E-state index is 14.1. The Labute approximate surface area is 245 Å². The largest absolute Gasteiger partial charge is 0.508 e. The molecule has 1 saturated carbocycles. The van der Waals surface area contributed by atoms with Crippen LogP contribution in [-0.4, -0.2) is 95.4 Å². The number of benzene rings is 1. The van der Waals surface area contributed by atoms with Crippen molar-refractivity contribution in [2.24, 2.45) is 17.6 Å². The normalized spacial score (nSPS) is 28.5. The van der Waals surface area contributed by atoms with E-state index in [9.17, 15) is 44.7 Å². The number of aromatic hydroxyl groups is 1. The number of anilines is 1. The van der Waals surface area contributed by atoms with Crippen molar-refractivity contribution in [2.45, 2.75) is 50.5 Å². The Morgan fingerprint density at radius 2 is 1.86 bits per heavy atom. The summed E-state index contributed by atoms with van der Waals surface area (Å²) in [5, 5.41) is 63.7. The first-order valence-electron chi connectivity index (χ1n) is 13.7. The average Bonchev–Trinajstić information content (AvgIpc) is 3.39. The molecule has 14 nitrogen and oxygen atoms in total. The van der Waals surface area contributed by atoms with Gasteiger partial charge in [0.15, 0.2) is 11.4 Å². The van der Waals surface area contributed by atoms with Gasteiger partial charge < -0.3 is 36.6 Å². The monoisotopic (exact) mass is 595 g/mol. The van der Waals surface area contributed by atoms with Crippen molar-refractivity contribution in [2.75, 3.05) is 19.4 Å². The molecule has 6 atom stereocenters. The molecule has 3 aliphatic rings. The first-order chi connectivity index (χ1) is 20.2. The molecule has 0 spiro atoms. The second kappa shape index (κ2) is 10.3. The predicted molar refractivity (Wildman–Crippen MR) is 151 cm³/mol. The Morgan fingerprint density at radius 3 is 2.44 bits per heavy atom. The zero-order valence-corrected chi connectivity index (χ0v) is 23.9. The minimum atomic E-state index is -3.01. The van der Waals surface area contributed by atoms with Crippen molar-refractivity contribution in [3.05, 3.63) is 58.1 Å². The summed E-state index contributed by atoms with van der Waals surface area (Å²) < 4.78 is 1.42. The maximum Gasteiger partial charge on any atom is 0.255 e. The molecule has 2 amide bonds. The van der Waals surface area contributed by atoms with Crippen LogP contribution in [0.2, 0.25) is 0 Å². The number of ketones is 2. The van der Waals surface area contributed by atoms with E-state index < -0.39 is 87.3 Å². The lowest BCUT2D eigenvalue weighted by molar-refractivity contribution is -0.169. The second-order valence-electron chi connectivity index (χ2n) is 11.4. The Hall–Kier alpha value is -4.53. The van der Waals surface area contributed by atoms with Gasteiger partial charge in [0.05, 0.1) is 35.5 Å². The van der Waals surface area contributed by atoms with Gasteiger partial charge in [0.25, 0.3) is 5.91 Å². The highest BCUT2D eigenvalue weighted by molar-refractivity contribution is 6.24. The number of likely N-dealkylation sites (N-methyl/N-ethyl adjacent to an activating group) is 1. The van der Waals surface area contributed by atoms with Crippen LogP contribution in [0, 0.1) is 11.8 Å². The van der Waals surface area contributed by atoms with Crippen LogP contribution in [0.1, 0.15) is 36.5 Å². The van der Waals surface area contributed by atoms with E-state index >= 15 is 0 Å². The maximum atomic E-state index is 14.1. The third-order valence-electron chi connectivity index (χ3n) is 8.80. The first kappa shape index (κ1) is 29.9. The van der Waals surface area contributed by atoms with Crippen LogP contribution in [0.3, 0.4) is 0 Å². The van der Waals surface area contributed by atoms with Gasteiger partial charge in [-0.2, -0.15) is 5.10 Å². The number of aliphatic hydroxyl groups excluding tert-OH is 3. The van der Waals surface area contributed by atoms with Gasteiger partial charge in [-0.1, -0.05) is 19.9 Å². The van der Waals surface area contributed by atoms with Gasteiger partial charge in [-0.3, -0.25) is 28.8 Å². The first-order valence-corrected chi connectivity index (χ1v) is 13.7. The van der Waals surface area contributed by atoms with E-state index in [2.05, 4.69) is 10.4 Å². The van der Waals surface area contributed by atoms with Crippen molar-refractivity contribution < 1.29 is 44.7 Å². The molecule has 0 aliphatic heterocycles. The standard InChI is InChI=1S/C29H33N5O9/c1-5-12-8-31-34(9-12)10-15(35)32-14-7-6-13-11(2)16-18(23(37)17(13)22(14)36)26(40)29(43)20(24(16)38)21(33(3)4)25(39)19(27(29)41)28(30)42/h6-9,11,16,20-21,24,36-38,41,43H,5,10H2,1-4H3,(H2,30,42)(H,32,35)/t11?,16?,20?,21-,24?,29-/m0/s1. The smallest absolute Gasteiger partial charge is 0.255 e. The summed E-state index contributed by atoms with van der Waals surface area (Å²) in [4.78, 5) is 53.5. The van der Waals surface area contributed by atoms with Gasteiger partial charge in [-0.05, 0) is 43.6 Å². The molecule has 1 aromatic heterocycles. The SMILES string of the molecule is CCc1cnn(CC(=O)Nc2ccc3c(c2O)C(O)=C2C(=O)[C@]4(O)C(O)=C(C(N)=O)C(=O)[C@@H](N(C)C)C4C(O)C2C3C)c1. The predicted octanol–water partition coefficient (Wildman–Crippen LogP) is -0.107. The summed E-state index contributed by atoms with van der Waals surface area (Å²) in [5.41, 5.74) is 1.76.